The number of benzene rings is 2. The Morgan fingerprint density at radius 2 is 1.64 bits per heavy atom. The smallest absolute Gasteiger partial charge is 0.460 e. The number of rotatable bonds is 15. The number of aromatic nitrogens is 2. The fraction of sp³-hybridized carbons (Fsp3) is 0.320. The molecule has 0 amide bonds. The van der Waals surface area contributed by atoms with E-state index in [1.165, 1.54) is 37.3 Å². The van der Waals surface area contributed by atoms with Crippen molar-refractivity contribution in [3.8, 4) is 5.75 Å². The summed E-state index contributed by atoms with van der Waals surface area (Å²) in [4.78, 5) is 48.6. The number of ether oxygens (including phenoxy) is 2. The number of hydrogen-bond donors (Lipinski definition) is 6. The van der Waals surface area contributed by atoms with Crippen molar-refractivity contribution in [2.75, 3.05) is 12.3 Å². The number of carbonyl (C=O) groups is 1. The van der Waals surface area contributed by atoms with E-state index in [2.05, 4.69) is 23.2 Å². The monoisotopic (exact) mass is 720 g/mol. The molecule has 1 aliphatic heterocycles. The molecule has 1 aromatic heterocycles. The molecule has 3 aromatic rings. The highest BCUT2D eigenvalue weighted by atomic mass is 31.3. The number of carbonyl (C=O) groups excluding carboxylic acids is 1. The minimum atomic E-state index is -5.84. The maximum absolute atomic E-state index is 13.6. The Bertz CT molecular complexity index is 1730. The summed E-state index contributed by atoms with van der Waals surface area (Å²) >= 11 is 0. The molecule has 1 fully saturated rings. The zero-order chi connectivity index (χ0) is 34.4. The molecule has 0 saturated carbocycles. The maximum Gasteiger partial charge on any atom is 0.490 e. The molecule has 4 unspecified atom stereocenters. The topological polar surface area (TPSA) is 278 Å². The second-order valence-corrected chi connectivity index (χ2v) is 14.7. The van der Waals surface area contributed by atoms with Crippen molar-refractivity contribution >= 4 is 35.2 Å². The minimum Gasteiger partial charge on any atom is -0.460 e. The SMILES string of the molecule is C[C@H](NP(=O)(Oc1ccccc1)OP(=O)(O)OP(=O)(O)OC[C@H]1O[C@@H](n2ccc(N)nc2=O)C(O)[C@H]1O)C(=O)OCc1ccccc1. The van der Waals surface area contributed by atoms with Gasteiger partial charge in [0, 0.05) is 6.20 Å². The van der Waals surface area contributed by atoms with Gasteiger partial charge in [-0.25, -0.2) is 18.5 Å². The number of aliphatic hydroxyl groups is 2. The van der Waals surface area contributed by atoms with Gasteiger partial charge in [0.2, 0.25) is 0 Å². The Kier molecular flexibility index (Phi) is 11.9. The summed E-state index contributed by atoms with van der Waals surface area (Å²) in [5.41, 5.74) is 5.13. The quantitative estimate of drug-likeness (QED) is 0.0960. The Balaban J connectivity index is 1.41. The molecule has 7 N–H and O–H groups in total. The molecule has 1 saturated heterocycles. The summed E-state index contributed by atoms with van der Waals surface area (Å²) in [7, 11) is -16.5. The molecule has 4 rings (SSSR count). The van der Waals surface area contributed by atoms with Crippen LogP contribution in [-0.2, 0) is 47.7 Å². The van der Waals surface area contributed by atoms with Gasteiger partial charge in [-0.15, -0.1) is 0 Å². The third-order valence-corrected chi connectivity index (χ3v) is 11.1. The van der Waals surface area contributed by atoms with Crippen molar-refractivity contribution in [3.63, 3.8) is 0 Å². The number of nitrogens with one attached hydrogen (secondary N) is 1. The lowest BCUT2D eigenvalue weighted by Gasteiger charge is -2.25. The van der Waals surface area contributed by atoms with E-state index in [-0.39, 0.29) is 18.2 Å². The molecule has 2 heterocycles. The molecule has 0 aliphatic carbocycles. The van der Waals surface area contributed by atoms with Crippen LogP contribution in [0.3, 0.4) is 0 Å². The lowest BCUT2D eigenvalue weighted by Crippen LogP contribution is -2.36. The van der Waals surface area contributed by atoms with Gasteiger partial charge in [-0.3, -0.25) is 13.9 Å². The number of esters is 1. The predicted octanol–water partition coefficient (Wildman–Crippen LogP) is 1.60. The molecule has 19 nitrogen and oxygen atoms in total. The first-order valence-corrected chi connectivity index (χ1v) is 18.0. The summed E-state index contributed by atoms with van der Waals surface area (Å²) in [6, 6.07) is 15.4. The number of anilines is 1. The highest BCUT2D eigenvalue weighted by molar-refractivity contribution is 7.68. The molecule has 47 heavy (non-hydrogen) atoms. The molecule has 8 atom stereocenters. The van der Waals surface area contributed by atoms with Crippen LogP contribution in [0.15, 0.2) is 77.7 Å². The molecule has 22 heteroatoms. The number of nitrogens with zero attached hydrogens (tertiary/aromatic N) is 2. The van der Waals surface area contributed by atoms with Crippen molar-refractivity contribution < 1.29 is 65.6 Å². The minimum absolute atomic E-state index is 0.125. The first-order chi connectivity index (χ1) is 22.1. The third-order valence-electron chi connectivity index (χ3n) is 6.18. The Hall–Kier alpha value is -3.28. The van der Waals surface area contributed by atoms with Crippen molar-refractivity contribution in [2.24, 2.45) is 0 Å². The second kappa shape index (κ2) is 15.3. The predicted molar refractivity (Wildman–Crippen MR) is 160 cm³/mol. The second-order valence-electron chi connectivity index (χ2n) is 9.83. The van der Waals surface area contributed by atoms with Crippen LogP contribution >= 0.6 is 23.4 Å². The fourth-order valence-electron chi connectivity index (χ4n) is 4.02. The lowest BCUT2D eigenvalue weighted by molar-refractivity contribution is -0.146. The van der Waals surface area contributed by atoms with Gasteiger partial charge in [-0.1, -0.05) is 48.5 Å². The number of aliphatic hydroxyl groups excluding tert-OH is 2. The first-order valence-electron chi connectivity index (χ1n) is 13.5. The van der Waals surface area contributed by atoms with E-state index in [1.54, 1.807) is 36.4 Å². The molecule has 0 radical (unpaired) electrons. The van der Waals surface area contributed by atoms with Crippen molar-refractivity contribution in [3.05, 3.63) is 89.0 Å². The normalized spacial score (nSPS) is 23.9. The number of hydrogen-bond acceptors (Lipinski definition) is 15. The zero-order valence-corrected chi connectivity index (χ0v) is 27.0. The standard InChI is InChI=1S/C25H31N4O15P3/c1-16(24(32)39-14-17-8-4-2-5-9-17)28-45(34,42-18-10-6-3-7-11-18)43-47(37,38)44-46(35,36)40-15-19-21(30)22(31)23(41-19)29-13-12-20(26)27-25(29)33/h2-13,16,19,21-23,30-31H,14-15H2,1H3,(H,28,34)(H,35,36)(H,37,38)(H2,26,27,33)/t16-,19+,21-,22?,23+,45?/m0/s1. The van der Waals surface area contributed by atoms with E-state index >= 15 is 0 Å². The van der Waals surface area contributed by atoms with Crippen LogP contribution in [0.1, 0.15) is 18.7 Å². The third kappa shape index (κ3) is 10.4. The highest BCUT2D eigenvalue weighted by Crippen LogP contribution is 2.67. The van der Waals surface area contributed by atoms with E-state index in [4.69, 9.17) is 19.7 Å². The first kappa shape index (κ1) is 36.6. The van der Waals surface area contributed by atoms with Gasteiger partial charge in [-0.2, -0.15) is 18.7 Å². The highest BCUT2D eigenvalue weighted by Gasteiger charge is 2.48. The van der Waals surface area contributed by atoms with Gasteiger partial charge < -0.3 is 39.7 Å². The summed E-state index contributed by atoms with van der Waals surface area (Å²) in [5.74, 6) is -1.25. The van der Waals surface area contributed by atoms with Gasteiger partial charge in [0.1, 0.15) is 42.5 Å². The van der Waals surface area contributed by atoms with E-state index in [9.17, 15) is 43.3 Å². The summed E-state index contributed by atoms with van der Waals surface area (Å²) in [6.45, 7) is -0.00176. The van der Waals surface area contributed by atoms with Crippen molar-refractivity contribution in [2.45, 2.75) is 44.1 Å². The lowest BCUT2D eigenvalue weighted by atomic mass is 10.1. The Morgan fingerprint density at radius 1 is 1.00 bits per heavy atom. The fourth-order valence-corrected chi connectivity index (χ4v) is 8.41. The van der Waals surface area contributed by atoms with Crippen LogP contribution in [0.2, 0.25) is 0 Å². The summed E-state index contributed by atoms with van der Waals surface area (Å²) in [6.07, 6.45) is -5.49. The molecule has 0 spiro atoms. The average Bonchev–Trinajstić information content (AvgIpc) is 3.27. The van der Waals surface area contributed by atoms with Crippen LogP contribution in [0.5, 0.6) is 5.75 Å². The largest absolute Gasteiger partial charge is 0.490 e. The number of nitrogen functional groups attached to an aromatic ring is 1. The molecular weight excluding hydrogens is 689 g/mol. The summed E-state index contributed by atoms with van der Waals surface area (Å²) < 4.78 is 69.2. The van der Waals surface area contributed by atoms with Crippen molar-refractivity contribution in [1.82, 2.24) is 14.6 Å². The van der Waals surface area contributed by atoms with Gasteiger partial charge in [-0.05, 0) is 30.7 Å². The van der Waals surface area contributed by atoms with Gasteiger partial charge in [0.25, 0.3) is 0 Å². The summed E-state index contributed by atoms with van der Waals surface area (Å²) in [5, 5.41) is 22.8. The van der Waals surface area contributed by atoms with Gasteiger partial charge in [0.15, 0.2) is 6.23 Å². The van der Waals surface area contributed by atoms with Crippen LogP contribution in [0.4, 0.5) is 5.82 Å². The van der Waals surface area contributed by atoms with Gasteiger partial charge in [0.05, 0.1) is 6.61 Å². The van der Waals surface area contributed by atoms with Crippen LogP contribution in [0, 0.1) is 0 Å². The molecule has 2 aromatic carbocycles. The number of nitrogens with two attached hydrogens (primary N) is 1. The van der Waals surface area contributed by atoms with E-state index in [0.717, 1.165) is 10.8 Å². The van der Waals surface area contributed by atoms with E-state index in [0.29, 0.717) is 5.56 Å². The zero-order valence-electron chi connectivity index (χ0n) is 24.3. The van der Waals surface area contributed by atoms with Crippen LogP contribution in [0.25, 0.3) is 0 Å². The van der Waals surface area contributed by atoms with Crippen LogP contribution in [-0.4, -0.2) is 66.5 Å². The molecule has 1 aliphatic rings. The molecule has 0 bridgehead atoms. The van der Waals surface area contributed by atoms with E-state index in [1.807, 2.05) is 0 Å². The number of phosphoric ester groups is 1. The maximum atomic E-state index is 13.6. The number of phosphoric acid groups is 2. The Labute approximate surface area is 266 Å². The molecular formula is C25H31N4O15P3. The number of para-hydroxylation sites is 1. The van der Waals surface area contributed by atoms with Gasteiger partial charge >= 0.3 is 35.1 Å². The average molecular weight is 720 g/mol. The van der Waals surface area contributed by atoms with Crippen molar-refractivity contribution in [1.29, 1.82) is 0 Å². The Morgan fingerprint density at radius 3 is 2.28 bits per heavy atom. The van der Waals surface area contributed by atoms with E-state index < -0.39 is 72.2 Å². The van der Waals surface area contributed by atoms with Crippen LogP contribution < -0.4 is 21.0 Å². The molecule has 256 valence electrons.